The Morgan fingerprint density at radius 3 is 2.69 bits per heavy atom. The lowest BCUT2D eigenvalue weighted by atomic mass is 10.0. The van der Waals surface area contributed by atoms with Gasteiger partial charge in [0.15, 0.2) is 0 Å². The Hall–Kier alpha value is -0.830. The summed E-state index contributed by atoms with van der Waals surface area (Å²) in [4.78, 5) is 0. The molecule has 3 nitrogen and oxygen atoms in total. The number of nitrogens with zero attached hydrogens (tertiary/aromatic N) is 1. The highest BCUT2D eigenvalue weighted by atomic mass is 16.5. The predicted octanol–water partition coefficient (Wildman–Crippen LogP) is 2.06. The summed E-state index contributed by atoms with van der Waals surface area (Å²) in [6.45, 7) is 6.22. The largest absolute Gasteiger partial charge is 0.391 e. The van der Waals surface area contributed by atoms with E-state index >= 15 is 0 Å². The van der Waals surface area contributed by atoms with Gasteiger partial charge in [0.1, 0.15) is 5.76 Å². The third kappa shape index (κ3) is 2.56. The molecule has 0 atom stereocenters. The molecular weight excluding hydrogens is 166 g/mol. The molecule has 0 unspecified atom stereocenters. The van der Waals surface area contributed by atoms with E-state index in [9.17, 15) is 0 Å². The molecule has 0 aromatic carbocycles. The van der Waals surface area contributed by atoms with Gasteiger partial charge in [0, 0.05) is 12.0 Å². The topological polar surface area (TPSA) is 46.3 Å². The average molecular weight is 183 g/mol. The first kappa shape index (κ1) is 10.3. The van der Waals surface area contributed by atoms with Crippen LogP contribution in [0.25, 0.3) is 0 Å². The number of rotatable bonds is 4. The Kier molecular flexibility index (Phi) is 3.48. The summed E-state index contributed by atoms with van der Waals surface area (Å²) in [5, 5.41) is 12.9. The van der Waals surface area contributed by atoms with E-state index in [0.717, 1.165) is 29.9 Å². The van der Waals surface area contributed by atoms with E-state index in [1.54, 1.807) is 0 Å². The predicted molar refractivity (Wildman–Crippen MR) is 50.3 cm³/mol. The van der Waals surface area contributed by atoms with Crippen molar-refractivity contribution in [2.24, 2.45) is 5.92 Å². The van der Waals surface area contributed by atoms with E-state index < -0.39 is 0 Å². The first-order chi connectivity index (χ1) is 6.15. The second-order valence-electron chi connectivity index (χ2n) is 3.76. The lowest BCUT2D eigenvalue weighted by molar-refractivity contribution is 0.276. The molecule has 0 fully saturated rings. The summed E-state index contributed by atoms with van der Waals surface area (Å²) in [5.74, 6) is 1.49. The van der Waals surface area contributed by atoms with Crippen LogP contribution in [0.15, 0.2) is 4.52 Å². The van der Waals surface area contributed by atoms with Crippen molar-refractivity contribution >= 4 is 0 Å². The molecule has 74 valence electrons. The molecule has 0 saturated carbocycles. The van der Waals surface area contributed by atoms with Crippen molar-refractivity contribution in [1.29, 1.82) is 0 Å². The van der Waals surface area contributed by atoms with Gasteiger partial charge in [-0.1, -0.05) is 19.0 Å². The molecular formula is C10H17NO2. The molecule has 3 heteroatoms. The minimum atomic E-state index is 0.0305. The van der Waals surface area contributed by atoms with Gasteiger partial charge in [0.05, 0.1) is 12.3 Å². The van der Waals surface area contributed by atoms with E-state index in [-0.39, 0.29) is 6.61 Å². The fourth-order valence-electron chi connectivity index (χ4n) is 1.25. The van der Waals surface area contributed by atoms with E-state index in [1.807, 2.05) is 6.92 Å². The molecule has 0 bridgehead atoms. The summed E-state index contributed by atoms with van der Waals surface area (Å²) in [6.07, 6.45) is 1.94. The Bertz CT molecular complexity index is 266. The van der Waals surface area contributed by atoms with Gasteiger partial charge >= 0.3 is 0 Å². The Labute approximate surface area is 78.7 Å². The molecule has 0 saturated heterocycles. The summed E-state index contributed by atoms with van der Waals surface area (Å²) < 4.78 is 5.13. The van der Waals surface area contributed by atoms with Gasteiger partial charge in [0.25, 0.3) is 0 Å². The maximum absolute atomic E-state index is 9.05. The highest BCUT2D eigenvalue weighted by Gasteiger charge is 2.11. The maximum atomic E-state index is 9.05. The Morgan fingerprint density at radius 2 is 2.15 bits per heavy atom. The summed E-state index contributed by atoms with van der Waals surface area (Å²) in [6, 6.07) is 0. The third-order valence-electron chi connectivity index (χ3n) is 2.17. The van der Waals surface area contributed by atoms with Crippen molar-refractivity contribution in [3.05, 3.63) is 17.0 Å². The number of aliphatic hydroxyl groups is 1. The Morgan fingerprint density at radius 1 is 1.46 bits per heavy atom. The average Bonchev–Trinajstić information content (AvgIpc) is 2.42. The SMILES string of the molecule is Cc1noc(CCC(C)C)c1CO. The molecule has 0 amide bonds. The highest BCUT2D eigenvalue weighted by Crippen LogP contribution is 2.16. The quantitative estimate of drug-likeness (QED) is 0.777. The fourth-order valence-corrected chi connectivity index (χ4v) is 1.25. The normalized spacial score (nSPS) is 11.2. The molecule has 0 aliphatic rings. The molecule has 1 aromatic heterocycles. The second-order valence-corrected chi connectivity index (χ2v) is 3.76. The maximum Gasteiger partial charge on any atom is 0.142 e. The minimum Gasteiger partial charge on any atom is -0.391 e. The van der Waals surface area contributed by atoms with Crippen molar-refractivity contribution < 1.29 is 9.63 Å². The minimum absolute atomic E-state index is 0.0305. The van der Waals surface area contributed by atoms with Crippen molar-refractivity contribution in [2.45, 2.75) is 40.2 Å². The lowest BCUT2D eigenvalue weighted by Crippen LogP contribution is -1.95. The molecule has 1 rings (SSSR count). The van der Waals surface area contributed by atoms with Crippen molar-refractivity contribution in [3.8, 4) is 0 Å². The van der Waals surface area contributed by atoms with Gasteiger partial charge in [-0.05, 0) is 19.3 Å². The monoisotopic (exact) mass is 183 g/mol. The van der Waals surface area contributed by atoms with Gasteiger partial charge in [0.2, 0.25) is 0 Å². The van der Waals surface area contributed by atoms with E-state index in [2.05, 4.69) is 19.0 Å². The van der Waals surface area contributed by atoms with Crippen molar-refractivity contribution in [3.63, 3.8) is 0 Å². The van der Waals surface area contributed by atoms with Crippen LogP contribution in [0.5, 0.6) is 0 Å². The van der Waals surface area contributed by atoms with E-state index in [0.29, 0.717) is 5.92 Å². The van der Waals surface area contributed by atoms with Crippen LogP contribution >= 0.6 is 0 Å². The van der Waals surface area contributed by atoms with Crippen LogP contribution in [0.3, 0.4) is 0 Å². The highest BCUT2D eigenvalue weighted by molar-refractivity contribution is 5.20. The molecule has 0 spiro atoms. The number of aliphatic hydroxyl groups excluding tert-OH is 1. The molecule has 1 N–H and O–H groups in total. The van der Waals surface area contributed by atoms with Gasteiger partial charge < -0.3 is 9.63 Å². The number of aromatic nitrogens is 1. The molecule has 1 heterocycles. The zero-order valence-corrected chi connectivity index (χ0v) is 8.50. The molecule has 0 aliphatic carbocycles. The Balaban J connectivity index is 2.65. The molecule has 13 heavy (non-hydrogen) atoms. The standard InChI is InChI=1S/C10H17NO2/c1-7(2)4-5-10-9(6-12)8(3)11-13-10/h7,12H,4-6H2,1-3H3. The van der Waals surface area contributed by atoms with Gasteiger partial charge in [-0.2, -0.15) is 0 Å². The lowest BCUT2D eigenvalue weighted by Gasteiger charge is -2.02. The van der Waals surface area contributed by atoms with Gasteiger partial charge in [-0.15, -0.1) is 0 Å². The van der Waals surface area contributed by atoms with Crippen LogP contribution in [0.4, 0.5) is 0 Å². The first-order valence-electron chi connectivity index (χ1n) is 4.70. The van der Waals surface area contributed by atoms with Crippen LogP contribution in [-0.2, 0) is 13.0 Å². The zero-order chi connectivity index (χ0) is 9.84. The summed E-state index contributed by atoms with van der Waals surface area (Å²) >= 11 is 0. The fraction of sp³-hybridized carbons (Fsp3) is 0.700. The van der Waals surface area contributed by atoms with Gasteiger partial charge in [-0.25, -0.2) is 0 Å². The van der Waals surface area contributed by atoms with Crippen LogP contribution in [0.2, 0.25) is 0 Å². The molecule has 0 radical (unpaired) electrons. The molecule has 1 aromatic rings. The van der Waals surface area contributed by atoms with Gasteiger partial charge in [-0.3, -0.25) is 0 Å². The first-order valence-corrected chi connectivity index (χ1v) is 4.70. The summed E-state index contributed by atoms with van der Waals surface area (Å²) in [5.41, 5.74) is 1.67. The van der Waals surface area contributed by atoms with Crippen molar-refractivity contribution in [2.75, 3.05) is 0 Å². The van der Waals surface area contributed by atoms with Crippen LogP contribution < -0.4 is 0 Å². The van der Waals surface area contributed by atoms with Crippen molar-refractivity contribution in [1.82, 2.24) is 5.16 Å². The third-order valence-corrected chi connectivity index (χ3v) is 2.17. The van der Waals surface area contributed by atoms with Crippen LogP contribution in [0, 0.1) is 12.8 Å². The van der Waals surface area contributed by atoms with Crippen LogP contribution in [-0.4, -0.2) is 10.3 Å². The van der Waals surface area contributed by atoms with E-state index in [4.69, 9.17) is 9.63 Å². The van der Waals surface area contributed by atoms with Crippen LogP contribution in [0.1, 0.15) is 37.3 Å². The molecule has 0 aliphatic heterocycles. The second kappa shape index (κ2) is 4.42. The summed E-state index contributed by atoms with van der Waals surface area (Å²) in [7, 11) is 0. The smallest absolute Gasteiger partial charge is 0.142 e. The zero-order valence-electron chi connectivity index (χ0n) is 8.50. The number of hydrogen-bond acceptors (Lipinski definition) is 3. The van der Waals surface area contributed by atoms with E-state index in [1.165, 1.54) is 0 Å². The number of hydrogen-bond donors (Lipinski definition) is 1. The number of aryl methyl sites for hydroxylation is 2.